The highest BCUT2D eigenvalue weighted by atomic mass is 19.1. The number of carbonyl (C=O) groups is 1. The Morgan fingerprint density at radius 1 is 1.14 bits per heavy atom. The van der Waals surface area contributed by atoms with Crippen LogP contribution in [0.2, 0.25) is 0 Å². The van der Waals surface area contributed by atoms with Crippen LogP contribution in [0.4, 0.5) is 10.1 Å². The van der Waals surface area contributed by atoms with E-state index in [0.717, 1.165) is 0 Å². The molecule has 8 heteroatoms. The average molecular weight is 298 g/mol. The van der Waals surface area contributed by atoms with Gasteiger partial charge in [-0.1, -0.05) is 0 Å². The monoisotopic (exact) mass is 298 g/mol. The molecule has 22 heavy (non-hydrogen) atoms. The fraction of sp³-hybridized carbons (Fsp3) is 0.0714. The van der Waals surface area contributed by atoms with E-state index >= 15 is 0 Å². The number of aryl methyl sites for hydroxylation is 1. The van der Waals surface area contributed by atoms with Crippen molar-refractivity contribution >= 4 is 11.6 Å². The Morgan fingerprint density at radius 2 is 1.91 bits per heavy atom. The molecule has 0 aliphatic heterocycles. The molecule has 0 fully saturated rings. The third-order valence-electron chi connectivity index (χ3n) is 2.91. The van der Waals surface area contributed by atoms with Crippen LogP contribution < -0.4 is 5.32 Å². The molecule has 2 heterocycles. The number of hydrogen-bond donors (Lipinski definition) is 1. The second-order valence-corrected chi connectivity index (χ2v) is 4.44. The largest absolute Gasteiger partial charge is 0.321 e. The van der Waals surface area contributed by atoms with Gasteiger partial charge >= 0.3 is 0 Å². The fourth-order valence-corrected chi connectivity index (χ4v) is 1.80. The molecular weight excluding hydrogens is 287 g/mol. The Hall–Kier alpha value is -3.16. The smallest absolute Gasteiger partial charge is 0.275 e. The normalized spacial score (nSPS) is 10.5. The van der Waals surface area contributed by atoms with E-state index in [4.69, 9.17) is 0 Å². The van der Waals surface area contributed by atoms with Crippen molar-refractivity contribution in [3.8, 4) is 5.82 Å². The van der Waals surface area contributed by atoms with Gasteiger partial charge in [0.25, 0.3) is 5.91 Å². The summed E-state index contributed by atoms with van der Waals surface area (Å²) in [7, 11) is 0. The zero-order chi connectivity index (χ0) is 15.5. The number of amides is 1. The Balaban J connectivity index is 1.76. The van der Waals surface area contributed by atoms with Gasteiger partial charge < -0.3 is 5.32 Å². The Kier molecular flexibility index (Phi) is 3.57. The molecule has 0 saturated carbocycles. The van der Waals surface area contributed by atoms with Crippen LogP contribution in [0.3, 0.4) is 0 Å². The predicted octanol–water partition coefficient (Wildman–Crippen LogP) is 1.76. The first kappa shape index (κ1) is 13.8. The van der Waals surface area contributed by atoms with Crippen molar-refractivity contribution in [1.82, 2.24) is 24.7 Å². The molecule has 1 aromatic carbocycles. The third kappa shape index (κ3) is 2.80. The van der Waals surface area contributed by atoms with Crippen molar-refractivity contribution in [2.24, 2.45) is 0 Å². The summed E-state index contributed by atoms with van der Waals surface area (Å²) in [5.41, 5.74) is 0.621. The van der Waals surface area contributed by atoms with Gasteiger partial charge in [-0.25, -0.2) is 19.3 Å². The number of benzene rings is 1. The summed E-state index contributed by atoms with van der Waals surface area (Å²) >= 11 is 0. The molecule has 2 aromatic heterocycles. The van der Waals surface area contributed by atoms with Gasteiger partial charge in [-0.2, -0.15) is 9.78 Å². The lowest BCUT2D eigenvalue weighted by Crippen LogP contribution is -2.15. The Morgan fingerprint density at radius 3 is 2.50 bits per heavy atom. The van der Waals surface area contributed by atoms with Crippen LogP contribution in [0, 0.1) is 12.7 Å². The average Bonchev–Trinajstić information content (AvgIpc) is 2.96. The molecule has 0 saturated heterocycles. The molecule has 1 amide bonds. The molecule has 3 aromatic rings. The van der Waals surface area contributed by atoms with Crippen molar-refractivity contribution in [1.29, 1.82) is 0 Å². The van der Waals surface area contributed by atoms with E-state index in [1.165, 1.54) is 47.7 Å². The molecule has 0 aliphatic carbocycles. The number of hydrogen-bond acceptors (Lipinski definition) is 5. The minimum atomic E-state index is -0.430. The summed E-state index contributed by atoms with van der Waals surface area (Å²) in [5.74, 6) is 0.331. The highest BCUT2D eigenvalue weighted by Gasteiger charge is 2.10. The second kappa shape index (κ2) is 5.68. The molecule has 3 rings (SSSR count). The van der Waals surface area contributed by atoms with E-state index in [1.807, 2.05) is 0 Å². The summed E-state index contributed by atoms with van der Waals surface area (Å²) in [5, 5.41) is 6.61. The standard InChI is InChI=1S/C14H11FN6O/c1-9-18-8-19-21(9)13-7-16-12(6-17-13)14(22)20-11-4-2-10(15)3-5-11/h2-8H,1H3,(H,20,22). The predicted molar refractivity (Wildman–Crippen MR) is 76.0 cm³/mol. The number of rotatable bonds is 3. The lowest BCUT2D eigenvalue weighted by molar-refractivity contribution is 0.102. The van der Waals surface area contributed by atoms with Crippen LogP contribution in [0.25, 0.3) is 5.82 Å². The van der Waals surface area contributed by atoms with Gasteiger partial charge in [-0.3, -0.25) is 4.79 Å². The van der Waals surface area contributed by atoms with Crippen molar-refractivity contribution in [2.75, 3.05) is 5.32 Å². The van der Waals surface area contributed by atoms with Crippen molar-refractivity contribution in [3.05, 3.63) is 60.3 Å². The van der Waals surface area contributed by atoms with E-state index in [9.17, 15) is 9.18 Å². The first-order chi connectivity index (χ1) is 10.6. The molecule has 1 N–H and O–H groups in total. The first-order valence-electron chi connectivity index (χ1n) is 6.39. The van der Waals surface area contributed by atoms with Crippen molar-refractivity contribution in [2.45, 2.75) is 6.92 Å². The molecule has 110 valence electrons. The van der Waals surface area contributed by atoms with Crippen LogP contribution in [0.1, 0.15) is 16.3 Å². The number of carbonyl (C=O) groups excluding carboxylic acids is 1. The number of nitrogens with zero attached hydrogens (tertiary/aromatic N) is 5. The molecule has 7 nitrogen and oxygen atoms in total. The summed E-state index contributed by atoms with van der Waals surface area (Å²) in [6, 6.07) is 5.46. The number of halogens is 1. The van der Waals surface area contributed by atoms with E-state index in [1.54, 1.807) is 6.92 Å². The lowest BCUT2D eigenvalue weighted by Gasteiger charge is -2.05. The maximum absolute atomic E-state index is 12.8. The Bertz CT molecular complexity index is 797. The maximum Gasteiger partial charge on any atom is 0.275 e. The zero-order valence-electron chi connectivity index (χ0n) is 11.6. The van der Waals surface area contributed by atoms with Gasteiger partial charge in [-0.05, 0) is 31.2 Å². The minimum Gasteiger partial charge on any atom is -0.321 e. The first-order valence-corrected chi connectivity index (χ1v) is 6.39. The van der Waals surface area contributed by atoms with Gasteiger partial charge in [0.1, 0.15) is 23.7 Å². The van der Waals surface area contributed by atoms with E-state index in [2.05, 4.69) is 25.4 Å². The van der Waals surface area contributed by atoms with Crippen LogP contribution in [0.15, 0.2) is 43.0 Å². The second-order valence-electron chi connectivity index (χ2n) is 4.44. The summed E-state index contributed by atoms with van der Waals surface area (Å²) in [6.07, 6.45) is 4.18. The summed E-state index contributed by atoms with van der Waals surface area (Å²) in [4.78, 5) is 24.2. The third-order valence-corrected chi connectivity index (χ3v) is 2.91. The van der Waals surface area contributed by atoms with Crippen molar-refractivity contribution in [3.63, 3.8) is 0 Å². The van der Waals surface area contributed by atoms with E-state index in [-0.39, 0.29) is 11.5 Å². The van der Waals surface area contributed by atoms with E-state index < -0.39 is 5.91 Å². The molecule has 0 atom stereocenters. The van der Waals surface area contributed by atoms with Gasteiger partial charge in [-0.15, -0.1) is 0 Å². The quantitative estimate of drug-likeness (QED) is 0.796. The molecule has 0 spiro atoms. The highest BCUT2D eigenvalue weighted by Crippen LogP contribution is 2.10. The van der Waals surface area contributed by atoms with Crippen LogP contribution in [-0.2, 0) is 0 Å². The van der Waals surface area contributed by atoms with Crippen LogP contribution in [0.5, 0.6) is 0 Å². The van der Waals surface area contributed by atoms with Crippen molar-refractivity contribution < 1.29 is 9.18 Å². The highest BCUT2D eigenvalue weighted by molar-refractivity contribution is 6.02. The topological polar surface area (TPSA) is 85.6 Å². The van der Waals surface area contributed by atoms with Crippen LogP contribution >= 0.6 is 0 Å². The van der Waals surface area contributed by atoms with E-state index in [0.29, 0.717) is 17.3 Å². The number of anilines is 1. The summed E-state index contributed by atoms with van der Waals surface area (Å²) in [6.45, 7) is 1.78. The summed E-state index contributed by atoms with van der Waals surface area (Å²) < 4.78 is 14.3. The van der Waals surface area contributed by atoms with Gasteiger partial charge in [0.05, 0.1) is 12.4 Å². The molecule has 0 radical (unpaired) electrons. The fourth-order valence-electron chi connectivity index (χ4n) is 1.80. The number of nitrogens with one attached hydrogen (secondary N) is 1. The number of aromatic nitrogens is 5. The molecular formula is C14H11FN6O. The molecule has 0 bridgehead atoms. The van der Waals surface area contributed by atoms with Gasteiger partial charge in [0.15, 0.2) is 5.82 Å². The maximum atomic E-state index is 12.8. The minimum absolute atomic E-state index is 0.144. The molecule has 0 aliphatic rings. The zero-order valence-corrected chi connectivity index (χ0v) is 11.6. The lowest BCUT2D eigenvalue weighted by atomic mass is 10.3. The SMILES string of the molecule is Cc1ncnn1-c1cnc(C(=O)Nc2ccc(F)cc2)cn1. The van der Waals surface area contributed by atoms with Gasteiger partial charge in [0.2, 0.25) is 0 Å². The van der Waals surface area contributed by atoms with Crippen LogP contribution in [-0.4, -0.2) is 30.6 Å². The Labute approximate surface area is 124 Å². The van der Waals surface area contributed by atoms with Gasteiger partial charge in [0, 0.05) is 5.69 Å². The molecule has 0 unspecified atom stereocenters.